The molecular weight excluding hydrogens is 164 g/mol. The maximum Gasteiger partial charge on any atom is 0.288 e. The Morgan fingerprint density at radius 3 is 2.36 bits per heavy atom. The highest BCUT2D eigenvalue weighted by Gasteiger charge is 2.12. The molecule has 0 aliphatic heterocycles. The minimum Gasteiger partial charge on any atom is -1.00 e. The summed E-state index contributed by atoms with van der Waals surface area (Å²) < 4.78 is 0.491. The van der Waals surface area contributed by atoms with Crippen molar-refractivity contribution in [1.82, 2.24) is 5.43 Å². The van der Waals surface area contributed by atoms with Crippen molar-refractivity contribution < 1.29 is 21.8 Å². The third-order valence-corrected chi connectivity index (χ3v) is 1.39. The maximum atomic E-state index is 10.7. The maximum absolute atomic E-state index is 10.7. The van der Waals surface area contributed by atoms with Crippen LogP contribution in [0.15, 0.2) is 12.7 Å². The quantitative estimate of drug-likeness (QED) is 0.285. The highest BCUT2D eigenvalue weighted by atomic mass is 35.5. The number of halogens is 1. The lowest BCUT2D eigenvalue weighted by molar-refractivity contribution is -0.923. The van der Waals surface area contributed by atoms with Gasteiger partial charge < -0.3 is 12.4 Å². The van der Waals surface area contributed by atoms with E-state index in [1.807, 2.05) is 21.0 Å². The summed E-state index contributed by atoms with van der Waals surface area (Å²) in [6, 6.07) is 0. The standard InChI is InChI=1S/C7H14N2O.ClH/c1-5-7(10)8-9(3,4)6-2;/h5H,1,6H2,2-4H3;1H. The largest absolute Gasteiger partial charge is 1.00 e. The molecule has 3 nitrogen and oxygen atoms in total. The molecule has 0 aromatic rings. The molecule has 0 aromatic heterocycles. The van der Waals surface area contributed by atoms with Gasteiger partial charge in [-0.2, -0.15) is 5.43 Å². The topological polar surface area (TPSA) is 29.1 Å². The predicted molar refractivity (Wildman–Crippen MR) is 41.0 cm³/mol. The second-order valence-electron chi connectivity index (χ2n) is 2.68. The third kappa shape index (κ3) is 5.88. The molecule has 4 heteroatoms. The van der Waals surface area contributed by atoms with Crippen molar-refractivity contribution in [1.29, 1.82) is 0 Å². The van der Waals surface area contributed by atoms with E-state index in [0.29, 0.717) is 4.59 Å². The van der Waals surface area contributed by atoms with Gasteiger partial charge in [-0.25, -0.2) is 4.59 Å². The Labute approximate surface area is 74.0 Å². The minimum atomic E-state index is -0.133. The summed E-state index contributed by atoms with van der Waals surface area (Å²) in [6.45, 7) is 6.22. The van der Waals surface area contributed by atoms with E-state index >= 15 is 0 Å². The van der Waals surface area contributed by atoms with Crippen LogP contribution in [-0.4, -0.2) is 31.1 Å². The monoisotopic (exact) mass is 178 g/mol. The van der Waals surface area contributed by atoms with E-state index in [-0.39, 0.29) is 18.3 Å². The Bertz CT molecular complexity index is 145. The molecule has 0 bridgehead atoms. The average Bonchev–Trinajstić information content (AvgIpc) is 1.87. The van der Waals surface area contributed by atoms with Crippen LogP contribution in [-0.2, 0) is 4.79 Å². The van der Waals surface area contributed by atoms with Crippen LogP contribution >= 0.6 is 0 Å². The number of amides is 1. The first-order valence-electron chi connectivity index (χ1n) is 3.29. The highest BCUT2D eigenvalue weighted by molar-refractivity contribution is 5.85. The molecule has 1 N–H and O–H groups in total. The Morgan fingerprint density at radius 2 is 2.09 bits per heavy atom. The number of nitrogens with one attached hydrogen (secondary N) is 1. The number of quaternary nitrogens is 1. The molecular formula is C7H15ClN2O. The van der Waals surface area contributed by atoms with Gasteiger partial charge in [-0.3, -0.25) is 4.79 Å². The zero-order chi connectivity index (χ0) is 8.20. The SMILES string of the molecule is C=CC(=O)N[N+](C)(C)CC.[Cl-]. The number of nitrogens with zero attached hydrogens (tertiary/aromatic N) is 1. The number of carbonyl (C=O) groups excluding carboxylic acids is 1. The van der Waals surface area contributed by atoms with E-state index in [0.717, 1.165) is 6.54 Å². The Balaban J connectivity index is 0. The first-order valence-corrected chi connectivity index (χ1v) is 3.29. The van der Waals surface area contributed by atoms with Crippen molar-refractivity contribution in [3.8, 4) is 0 Å². The number of carbonyl (C=O) groups is 1. The van der Waals surface area contributed by atoms with E-state index in [2.05, 4.69) is 12.0 Å². The third-order valence-electron chi connectivity index (χ3n) is 1.39. The van der Waals surface area contributed by atoms with Crippen molar-refractivity contribution in [3.05, 3.63) is 12.7 Å². The fourth-order valence-electron chi connectivity index (χ4n) is 0.423. The predicted octanol–water partition coefficient (Wildman–Crippen LogP) is -2.70. The van der Waals surface area contributed by atoms with Crippen LogP contribution in [0.1, 0.15) is 6.92 Å². The van der Waals surface area contributed by atoms with Gasteiger partial charge in [0.15, 0.2) is 0 Å². The normalized spacial score (nSPS) is 9.73. The first kappa shape index (κ1) is 13.1. The van der Waals surface area contributed by atoms with Crippen LogP contribution in [0.4, 0.5) is 0 Å². The summed E-state index contributed by atoms with van der Waals surface area (Å²) in [7, 11) is 3.84. The van der Waals surface area contributed by atoms with Gasteiger partial charge in [0.05, 0.1) is 20.6 Å². The average molecular weight is 179 g/mol. The van der Waals surface area contributed by atoms with Crippen LogP contribution < -0.4 is 17.8 Å². The van der Waals surface area contributed by atoms with E-state index in [4.69, 9.17) is 0 Å². The Kier molecular flexibility index (Phi) is 6.13. The van der Waals surface area contributed by atoms with Crippen molar-refractivity contribution >= 4 is 5.91 Å². The van der Waals surface area contributed by atoms with Gasteiger partial charge in [-0.15, -0.1) is 0 Å². The zero-order valence-corrected chi connectivity index (χ0v) is 7.98. The summed E-state index contributed by atoms with van der Waals surface area (Å²) in [5.41, 5.74) is 2.74. The summed E-state index contributed by atoms with van der Waals surface area (Å²) >= 11 is 0. The molecule has 0 radical (unpaired) electrons. The fourth-order valence-corrected chi connectivity index (χ4v) is 0.423. The lowest BCUT2D eigenvalue weighted by Gasteiger charge is -2.26. The lowest BCUT2D eigenvalue weighted by atomic mass is 10.6. The zero-order valence-electron chi connectivity index (χ0n) is 7.22. The van der Waals surface area contributed by atoms with Crippen molar-refractivity contribution in [3.63, 3.8) is 0 Å². The van der Waals surface area contributed by atoms with Crippen molar-refractivity contribution in [2.24, 2.45) is 0 Å². The van der Waals surface area contributed by atoms with Crippen LogP contribution in [0.25, 0.3) is 0 Å². The summed E-state index contributed by atoms with van der Waals surface area (Å²) in [4.78, 5) is 10.7. The molecule has 0 aliphatic rings. The highest BCUT2D eigenvalue weighted by Crippen LogP contribution is 1.87. The molecule has 0 rings (SSSR count). The molecule has 0 atom stereocenters. The van der Waals surface area contributed by atoms with Gasteiger partial charge in [0.25, 0.3) is 5.91 Å². The van der Waals surface area contributed by atoms with Gasteiger partial charge in [-0.1, -0.05) is 6.58 Å². The van der Waals surface area contributed by atoms with Crippen molar-refractivity contribution in [2.75, 3.05) is 20.6 Å². The van der Waals surface area contributed by atoms with E-state index in [1.54, 1.807) is 0 Å². The Morgan fingerprint density at radius 1 is 1.64 bits per heavy atom. The van der Waals surface area contributed by atoms with Gasteiger partial charge in [-0.05, 0) is 6.92 Å². The summed E-state index contributed by atoms with van der Waals surface area (Å²) in [5.74, 6) is -0.133. The molecule has 1 amide bonds. The summed E-state index contributed by atoms with van der Waals surface area (Å²) in [6.07, 6.45) is 1.27. The van der Waals surface area contributed by atoms with Crippen LogP contribution in [0.3, 0.4) is 0 Å². The molecule has 0 saturated carbocycles. The van der Waals surface area contributed by atoms with Crippen LogP contribution in [0.5, 0.6) is 0 Å². The van der Waals surface area contributed by atoms with Gasteiger partial charge in [0.1, 0.15) is 0 Å². The molecule has 0 unspecified atom stereocenters. The first-order chi connectivity index (χ1) is 4.52. The second-order valence-corrected chi connectivity index (χ2v) is 2.68. The van der Waals surface area contributed by atoms with Crippen LogP contribution in [0, 0.1) is 0 Å². The van der Waals surface area contributed by atoms with E-state index < -0.39 is 0 Å². The van der Waals surface area contributed by atoms with Crippen LogP contribution in [0.2, 0.25) is 0 Å². The van der Waals surface area contributed by atoms with Crippen molar-refractivity contribution in [2.45, 2.75) is 6.92 Å². The molecule has 0 fully saturated rings. The molecule has 11 heavy (non-hydrogen) atoms. The minimum absolute atomic E-state index is 0. The number of hydrogen-bond donors (Lipinski definition) is 1. The number of rotatable bonds is 3. The molecule has 66 valence electrons. The van der Waals surface area contributed by atoms with Gasteiger partial charge in [0, 0.05) is 6.08 Å². The smallest absolute Gasteiger partial charge is 0.288 e. The van der Waals surface area contributed by atoms with Gasteiger partial charge in [0.2, 0.25) is 0 Å². The van der Waals surface area contributed by atoms with Gasteiger partial charge >= 0.3 is 0 Å². The molecule has 0 saturated heterocycles. The molecule has 0 heterocycles. The number of hydrogen-bond acceptors (Lipinski definition) is 1. The van der Waals surface area contributed by atoms with E-state index in [1.165, 1.54) is 6.08 Å². The second kappa shape index (κ2) is 5.16. The fraction of sp³-hybridized carbons (Fsp3) is 0.571. The molecule has 0 spiro atoms. The lowest BCUT2D eigenvalue weighted by Crippen LogP contribution is -3.00. The molecule has 0 aliphatic carbocycles. The molecule has 0 aromatic carbocycles. The summed E-state index contributed by atoms with van der Waals surface area (Å²) in [5, 5.41) is 0. The van der Waals surface area contributed by atoms with E-state index in [9.17, 15) is 4.79 Å². The Hall–Kier alpha value is -0.540.